The van der Waals surface area contributed by atoms with Crippen molar-refractivity contribution >= 4 is 21.6 Å². The zero-order valence-corrected chi connectivity index (χ0v) is 14.4. The minimum Gasteiger partial charge on any atom is -0.464 e. The number of aryl methyl sites for hydroxylation is 1. The summed E-state index contributed by atoms with van der Waals surface area (Å²) >= 11 is 5.72. The lowest BCUT2D eigenvalue weighted by molar-refractivity contribution is 0.224. The van der Waals surface area contributed by atoms with Crippen molar-refractivity contribution in [3.05, 3.63) is 17.6 Å². The van der Waals surface area contributed by atoms with E-state index in [4.69, 9.17) is 16.0 Å². The Bertz CT molecular complexity index is 581. The van der Waals surface area contributed by atoms with Gasteiger partial charge in [0.1, 0.15) is 16.4 Å². The van der Waals surface area contributed by atoms with E-state index in [1.807, 2.05) is 0 Å². The molecule has 0 amide bonds. The third-order valence-electron chi connectivity index (χ3n) is 4.13. The average Bonchev–Trinajstić information content (AvgIpc) is 3.07. The summed E-state index contributed by atoms with van der Waals surface area (Å²) in [5.41, 5.74) is 0. The van der Waals surface area contributed by atoms with E-state index < -0.39 is 10.0 Å². The number of likely N-dealkylation sites (N-methyl/N-ethyl adjacent to an activating group) is 1. The first-order valence-electron chi connectivity index (χ1n) is 7.33. The summed E-state index contributed by atoms with van der Waals surface area (Å²) in [6, 6.07) is 1.84. The van der Waals surface area contributed by atoms with Crippen LogP contribution in [0, 0.1) is 6.92 Å². The zero-order chi connectivity index (χ0) is 15.6. The summed E-state index contributed by atoms with van der Waals surface area (Å²) in [5, 5.41) is 0. The summed E-state index contributed by atoms with van der Waals surface area (Å²) in [6.45, 7) is 8.86. The maximum absolute atomic E-state index is 12.7. The van der Waals surface area contributed by atoms with Crippen LogP contribution in [0.2, 0.25) is 0 Å². The highest BCUT2D eigenvalue weighted by Crippen LogP contribution is 2.28. The van der Waals surface area contributed by atoms with Crippen molar-refractivity contribution in [2.24, 2.45) is 0 Å². The standard InChI is InChI=1S/C14H23ClN2O3S/c1-4-16(5-2)12-6-7-17(10-12)21(18,19)14-8-13(9-15)20-11(14)3/h8,12H,4-7,9-10H2,1-3H3. The first kappa shape index (κ1) is 16.8. The summed E-state index contributed by atoms with van der Waals surface area (Å²) in [7, 11) is -3.49. The largest absolute Gasteiger partial charge is 0.464 e. The highest BCUT2D eigenvalue weighted by Gasteiger charge is 2.36. The third kappa shape index (κ3) is 3.28. The molecule has 1 fully saturated rings. The number of alkyl halides is 1. The van der Waals surface area contributed by atoms with E-state index in [1.54, 1.807) is 17.3 Å². The average molecular weight is 335 g/mol. The Kier molecular flexibility index (Phi) is 5.35. The molecule has 1 aliphatic heterocycles. The van der Waals surface area contributed by atoms with Crippen LogP contribution in [-0.2, 0) is 15.9 Å². The summed E-state index contributed by atoms with van der Waals surface area (Å²) < 4.78 is 32.4. The van der Waals surface area contributed by atoms with Crippen LogP contribution in [0.3, 0.4) is 0 Å². The van der Waals surface area contributed by atoms with Gasteiger partial charge in [0.15, 0.2) is 0 Å². The fourth-order valence-corrected chi connectivity index (χ4v) is 4.76. The second-order valence-electron chi connectivity index (χ2n) is 5.29. The minimum atomic E-state index is -3.49. The van der Waals surface area contributed by atoms with Gasteiger partial charge in [0.2, 0.25) is 10.0 Å². The topological polar surface area (TPSA) is 53.8 Å². The van der Waals surface area contributed by atoms with Gasteiger partial charge in [0, 0.05) is 25.2 Å². The fourth-order valence-electron chi connectivity index (χ4n) is 2.95. The molecule has 21 heavy (non-hydrogen) atoms. The van der Waals surface area contributed by atoms with Gasteiger partial charge in [-0.15, -0.1) is 11.6 Å². The van der Waals surface area contributed by atoms with Crippen LogP contribution in [-0.4, -0.2) is 49.8 Å². The van der Waals surface area contributed by atoms with Gasteiger partial charge in [-0.3, -0.25) is 4.90 Å². The molecule has 1 atom stereocenters. The van der Waals surface area contributed by atoms with Gasteiger partial charge < -0.3 is 4.42 Å². The first-order chi connectivity index (χ1) is 9.93. The Morgan fingerprint density at radius 2 is 2.10 bits per heavy atom. The van der Waals surface area contributed by atoms with E-state index in [2.05, 4.69) is 18.7 Å². The molecule has 1 unspecified atom stereocenters. The Hall–Kier alpha value is -0.560. The van der Waals surface area contributed by atoms with E-state index in [0.717, 1.165) is 19.5 Å². The molecule has 1 aromatic rings. The SMILES string of the molecule is CCN(CC)C1CCN(S(=O)(=O)c2cc(CCl)oc2C)C1. The van der Waals surface area contributed by atoms with E-state index in [-0.39, 0.29) is 10.8 Å². The number of nitrogens with zero attached hydrogens (tertiary/aromatic N) is 2. The number of furan rings is 1. The number of sulfonamides is 1. The van der Waals surface area contributed by atoms with Gasteiger partial charge in [-0.1, -0.05) is 13.8 Å². The van der Waals surface area contributed by atoms with Gasteiger partial charge >= 0.3 is 0 Å². The summed E-state index contributed by atoms with van der Waals surface area (Å²) in [6.07, 6.45) is 0.875. The van der Waals surface area contributed by atoms with Crippen molar-refractivity contribution in [3.63, 3.8) is 0 Å². The summed E-state index contributed by atoms with van der Waals surface area (Å²) in [5.74, 6) is 1.09. The number of rotatable bonds is 6. The molecule has 0 spiro atoms. The molecule has 0 saturated carbocycles. The molecule has 2 heterocycles. The van der Waals surface area contributed by atoms with Crippen molar-refractivity contribution in [3.8, 4) is 0 Å². The predicted molar refractivity (Wildman–Crippen MR) is 83.1 cm³/mol. The molecular formula is C14H23ClN2O3S. The zero-order valence-electron chi connectivity index (χ0n) is 12.8. The van der Waals surface area contributed by atoms with Gasteiger partial charge in [-0.05, 0) is 26.4 Å². The van der Waals surface area contributed by atoms with Gasteiger partial charge in [0.05, 0.1) is 5.88 Å². The van der Waals surface area contributed by atoms with Crippen LogP contribution < -0.4 is 0 Å². The highest BCUT2D eigenvalue weighted by molar-refractivity contribution is 7.89. The van der Waals surface area contributed by atoms with Crippen molar-refractivity contribution in [1.29, 1.82) is 0 Å². The molecule has 7 heteroatoms. The molecule has 0 aliphatic carbocycles. The summed E-state index contributed by atoms with van der Waals surface area (Å²) in [4.78, 5) is 2.56. The Labute approximate surface area is 131 Å². The van der Waals surface area contributed by atoms with Gasteiger partial charge in [-0.25, -0.2) is 8.42 Å². The Balaban J connectivity index is 2.19. The highest BCUT2D eigenvalue weighted by atomic mass is 35.5. The molecule has 1 saturated heterocycles. The van der Waals surface area contributed by atoms with Crippen LogP contribution in [0.15, 0.2) is 15.4 Å². The number of halogens is 1. The maximum Gasteiger partial charge on any atom is 0.246 e. The molecule has 1 aliphatic rings. The van der Waals surface area contributed by atoms with E-state index in [1.165, 1.54) is 0 Å². The molecule has 1 aromatic heterocycles. The minimum absolute atomic E-state index is 0.179. The van der Waals surface area contributed by atoms with E-state index >= 15 is 0 Å². The van der Waals surface area contributed by atoms with E-state index in [0.29, 0.717) is 30.7 Å². The van der Waals surface area contributed by atoms with Crippen molar-refractivity contribution in [2.45, 2.75) is 44.0 Å². The van der Waals surface area contributed by atoms with Gasteiger partial charge in [-0.2, -0.15) is 4.31 Å². The molecule has 5 nitrogen and oxygen atoms in total. The van der Waals surface area contributed by atoms with Crippen LogP contribution in [0.25, 0.3) is 0 Å². The van der Waals surface area contributed by atoms with E-state index in [9.17, 15) is 8.42 Å². The second kappa shape index (κ2) is 6.69. The quantitative estimate of drug-likeness (QED) is 0.750. The Morgan fingerprint density at radius 3 is 2.62 bits per heavy atom. The third-order valence-corrected chi connectivity index (χ3v) is 6.36. The molecule has 0 radical (unpaired) electrons. The lowest BCUT2D eigenvalue weighted by atomic mass is 10.2. The molecule has 0 N–H and O–H groups in total. The molecule has 120 valence electrons. The van der Waals surface area contributed by atoms with Crippen LogP contribution in [0.4, 0.5) is 0 Å². The molecule has 2 rings (SSSR count). The van der Waals surface area contributed by atoms with Crippen LogP contribution in [0.1, 0.15) is 31.8 Å². The Morgan fingerprint density at radius 1 is 1.43 bits per heavy atom. The monoisotopic (exact) mass is 334 g/mol. The van der Waals surface area contributed by atoms with Gasteiger partial charge in [0.25, 0.3) is 0 Å². The lowest BCUT2D eigenvalue weighted by Crippen LogP contribution is -2.38. The predicted octanol–water partition coefficient (Wildman–Crippen LogP) is 2.43. The lowest BCUT2D eigenvalue weighted by Gasteiger charge is -2.26. The van der Waals surface area contributed by atoms with Crippen molar-refractivity contribution in [2.75, 3.05) is 26.2 Å². The van der Waals surface area contributed by atoms with Crippen LogP contribution in [0.5, 0.6) is 0 Å². The van der Waals surface area contributed by atoms with Crippen molar-refractivity contribution in [1.82, 2.24) is 9.21 Å². The first-order valence-corrected chi connectivity index (χ1v) is 9.30. The molecule has 0 aromatic carbocycles. The maximum atomic E-state index is 12.7. The number of hydrogen-bond donors (Lipinski definition) is 0. The second-order valence-corrected chi connectivity index (χ2v) is 7.47. The van der Waals surface area contributed by atoms with Crippen molar-refractivity contribution < 1.29 is 12.8 Å². The molecule has 0 bridgehead atoms. The van der Waals surface area contributed by atoms with Crippen LogP contribution >= 0.6 is 11.6 Å². The fraction of sp³-hybridized carbons (Fsp3) is 0.714. The number of hydrogen-bond acceptors (Lipinski definition) is 4. The molecular weight excluding hydrogens is 312 g/mol. The normalized spacial score (nSPS) is 20.5. The smallest absolute Gasteiger partial charge is 0.246 e.